The van der Waals surface area contributed by atoms with Gasteiger partial charge in [-0.25, -0.2) is 0 Å². The van der Waals surface area contributed by atoms with Crippen molar-refractivity contribution in [3.8, 4) is 5.75 Å². The SMILES string of the molecule is Cc1ccc2c(c1)OC(O)C(=O)N2O. The van der Waals surface area contributed by atoms with E-state index in [1.54, 1.807) is 18.2 Å². The van der Waals surface area contributed by atoms with Crippen molar-refractivity contribution in [2.24, 2.45) is 0 Å². The van der Waals surface area contributed by atoms with E-state index >= 15 is 0 Å². The van der Waals surface area contributed by atoms with Crippen molar-refractivity contribution in [2.45, 2.75) is 13.2 Å². The number of nitrogens with zero attached hydrogens (tertiary/aromatic N) is 1. The first-order chi connectivity index (χ1) is 6.59. The molecule has 1 aliphatic rings. The van der Waals surface area contributed by atoms with Crippen molar-refractivity contribution in [2.75, 3.05) is 5.06 Å². The molecule has 0 fully saturated rings. The van der Waals surface area contributed by atoms with Gasteiger partial charge in [-0.1, -0.05) is 6.07 Å². The van der Waals surface area contributed by atoms with Crippen LogP contribution < -0.4 is 9.80 Å². The normalized spacial score (nSPS) is 20.4. The van der Waals surface area contributed by atoms with Crippen LogP contribution in [0.15, 0.2) is 18.2 Å². The van der Waals surface area contributed by atoms with Crippen molar-refractivity contribution in [3.05, 3.63) is 23.8 Å². The van der Waals surface area contributed by atoms with Gasteiger partial charge in [-0.15, -0.1) is 0 Å². The van der Waals surface area contributed by atoms with Gasteiger partial charge in [0.2, 0.25) is 0 Å². The standard InChI is InChI=1S/C9H9NO4/c1-5-2-3-6-7(4-5)14-9(12)8(11)10(6)13/h2-4,9,12-13H,1H3. The van der Waals surface area contributed by atoms with E-state index in [1.807, 2.05) is 6.92 Å². The molecule has 0 saturated carbocycles. The van der Waals surface area contributed by atoms with Crippen molar-refractivity contribution in [1.29, 1.82) is 0 Å². The van der Waals surface area contributed by atoms with Crippen molar-refractivity contribution in [3.63, 3.8) is 0 Å². The predicted molar refractivity (Wildman–Crippen MR) is 47.1 cm³/mol. The molecule has 1 heterocycles. The number of hydroxylamine groups is 1. The summed E-state index contributed by atoms with van der Waals surface area (Å²) in [5, 5.41) is 18.8. The van der Waals surface area contributed by atoms with Crippen LogP contribution in [0, 0.1) is 6.92 Å². The summed E-state index contributed by atoms with van der Waals surface area (Å²) < 4.78 is 4.90. The van der Waals surface area contributed by atoms with E-state index in [-0.39, 0.29) is 5.69 Å². The van der Waals surface area contributed by atoms with E-state index in [4.69, 9.17) is 9.84 Å². The quantitative estimate of drug-likeness (QED) is 0.589. The van der Waals surface area contributed by atoms with Gasteiger partial charge >= 0.3 is 5.91 Å². The maximum atomic E-state index is 11.1. The summed E-state index contributed by atoms with van der Waals surface area (Å²) in [5.41, 5.74) is 1.16. The third-order valence-electron chi connectivity index (χ3n) is 2.00. The Morgan fingerprint density at radius 1 is 1.50 bits per heavy atom. The third-order valence-corrected chi connectivity index (χ3v) is 2.00. The third kappa shape index (κ3) is 1.23. The molecule has 0 bridgehead atoms. The molecule has 0 aromatic heterocycles. The monoisotopic (exact) mass is 195 g/mol. The molecular weight excluding hydrogens is 186 g/mol. The number of carbonyl (C=O) groups is 1. The fourth-order valence-electron chi connectivity index (χ4n) is 1.28. The van der Waals surface area contributed by atoms with Gasteiger partial charge < -0.3 is 9.84 Å². The molecule has 0 spiro atoms. The van der Waals surface area contributed by atoms with E-state index < -0.39 is 12.2 Å². The molecule has 0 radical (unpaired) electrons. The van der Waals surface area contributed by atoms with Crippen LogP contribution in [0.2, 0.25) is 0 Å². The number of carbonyl (C=O) groups excluding carboxylic acids is 1. The highest BCUT2D eigenvalue weighted by molar-refractivity contribution is 5.96. The fourth-order valence-corrected chi connectivity index (χ4v) is 1.28. The Kier molecular flexibility index (Phi) is 1.90. The molecule has 0 aliphatic carbocycles. The van der Waals surface area contributed by atoms with E-state index in [1.165, 1.54) is 0 Å². The molecule has 2 rings (SSSR count). The zero-order chi connectivity index (χ0) is 10.3. The summed E-state index contributed by atoms with van der Waals surface area (Å²) in [7, 11) is 0. The number of benzene rings is 1. The molecule has 1 amide bonds. The Hall–Kier alpha value is -1.59. The number of rotatable bonds is 0. The number of ether oxygens (including phenoxy) is 1. The first-order valence-corrected chi connectivity index (χ1v) is 4.08. The second kappa shape index (κ2) is 2.97. The fraction of sp³-hybridized carbons (Fsp3) is 0.222. The maximum absolute atomic E-state index is 11.1. The number of hydrogen-bond donors (Lipinski definition) is 2. The lowest BCUT2D eigenvalue weighted by Gasteiger charge is -2.27. The zero-order valence-electron chi connectivity index (χ0n) is 7.47. The van der Waals surface area contributed by atoms with Crippen molar-refractivity contribution >= 4 is 11.6 Å². The number of fused-ring (bicyclic) bond motifs is 1. The van der Waals surface area contributed by atoms with Crippen LogP contribution in [0.5, 0.6) is 5.75 Å². The summed E-state index contributed by atoms with van der Waals surface area (Å²) in [5.74, 6) is -0.596. The second-order valence-corrected chi connectivity index (χ2v) is 3.09. The highest BCUT2D eigenvalue weighted by Crippen LogP contribution is 2.32. The summed E-state index contributed by atoms with van der Waals surface area (Å²) in [6.07, 6.45) is -1.63. The van der Waals surface area contributed by atoms with Gasteiger partial charge in [0.15, 0.2) is 0 Å². The van der Waals surface area contributed by atoms with Crippen LogP contribution in [-0.4, -0.2) is 22.5 Å². The minimum absolute atomic E-state index is 0.242. The van der Waals surface area contributed by atoms with Gasteiger partial charge in [0.25, 0.3) is 6.29 Å². The summed E-state index contributed by atoms with van der Waals surface area (Å²) in [6, 6.07) is 4.92. The molecular formula is C9H9NO4. The minimum atomic E-state index is -1.63. The predicted octanol–water partition coefficient (Wildman–Crippen LogP) is 0.428. The molecule has 0 saturated heterocycles. The largest absolute Gasteiger partial charge is 0.453 e. The molecule has 1 aliphatic heterocycles. The molecule has 5 nitrogen and oxygen atoms in total. The van der Waals surface area contributed by atoms with Crippen LogP contribution in [0.3, 0.4) is 0 Å². The highest BCUT2D eigenvalue weighted by atomic mass is 16.6. The van der Waals surface area contributed by atoms with Gasteiger partial charge in [0.05, 0.1) is 0 Å². The van der Waals surface area contributed by atoms with Crippen molar-refractivity contribution < 1.29 is 19.8 Å². The van der Waals surface area contributed by atoms with Crippen LogP contribution in [0.1, 0.15) is 5.56 Å². The molecule has 14 heavy (non-hydrogen) atoms. The Morgan fingerprint density at radius 3 is 2.93 bits per heavy atom. The summed E-state index contributed by atoms with van der Waals surface area (Å²) in [6.45, 7) is 1.84. The molecule has 1 unspecified atom stereocenters. The zero-order valence-corrected chi connectivity index (χ0v) is 7.47. The van der Waals surface area contributed by atoms with Crippen LogP contribution >= 0.6 is 0 Å². The van der Waals surface area contributed by atoms with Gasteiger partial charge in [-0.05, 0) is 24.6 Å². The first kappa shape index (κ1) is 8.98. The number of hydrogen-bond acceptors (Lipinski definition) is 4. The van der Waals surface area contributed by atoms with Gasteiger partial charge in [-0.3, -0.25) is 10.0 Å². The van der Waals surface area contributed by atoms with E-state index in [9.17, 15) is 10.0 Å². The number of amides is 1. The molecule has 1 atom stereocenters. The number of aryl methyl sites for hydroxylation is 1. The number of anilines is 1. The van der Waals surface area contributed by atoms with E-state index in [0.717, 1.165) is 5.56 Å². The van der Waals surface area contributed by atoms with Crippen LogP contribution in [-0.2, 0) is 4.79 Å². The van der Waals surface area contributed by atoms with Gasteiger partial charge in [0.1, 0.15) is 11.4 Å². The first-order valence-electron chi connectivity index (χ1n) is 4.08. The van der Waals surface area contributed by atoms with Crippen molar-refractivity contribution in [1.82, 2.24) is 0 Å². The van der Waals surface area contributed by atoms with Crippen LogP contribution in [0.25, 0.3) is 0 Å². The highest BCUT2D eigenvalue weighted by Gasteiger charge is 2.32. The minimum Gasteiger partial charge on any atom is -0.453 e. The molecule has 1 aromatic rings. The van der Waals surface area contributed by atoms with Gasteiger partial charge in [0, 0.05) is 0 Å². The Morgan fingerprint density at radius 2 is 2.21 bits per heavy atom. The van der Waals surface area contributed by atoms with E-state index in [0.29, 0.717) is 10.8 Å². The lowest BCUT2D eigenvalue weighted by atomic mass is 10.2. The lowest BCUT2D eigenvalue weighted by Crippen LogP contribution is -2.43. The molecule has 74 valence electrons. The lowest BCUT2D eigenvalue weighted by molar-refractivity contribution is -0.148. The average Bonchev–Trinajstić information content (AvgIpc) is 2.14. The summed E-state index contributed by atoms with van der Waals surface area (Å²) in [4.78, 5) is 11.1. The smallest absolute Gasteiger partial charge is 0.320 e. The number of aliphatic hydroxyl groups excluding tert-OH is 1. The molecule has 2 N–H and O–H groups in total. The Balaban J connectivity index is 2.50. The van der Waals surface area contributed by atoms with Crippen LogP contribution in [0.4, 0.5) is 5.69 Å². The maximum Gasteiger partial charge on any atom is 0.320 e. The second-order valence-electron chi connectivity index (χ2n) is 3.09. The number of aliphatic hydroxyl groups is 1. The Labute approximate surface area is 80.1 Å². The van der Waals surface area contributed by atoms with E-state index in [2.05, 4.69) is 0 Å². The molecule has 1 aromatic carbocycles. The summed E-state index contributed by atoms with van der Waals surface area (Å²) >= 11 is 0. The average molecular weight is 195 g/mol. The molecule has 5 heteroatoms. The van der Waals surface area contributed by atoms with Gasteiger partial charge in [-0.2, -0.15) is 5.06 Å². The Bertz CT molecular complexity index is 390. The topological polar surface area (TPSA) is 70.0 Å².